The van der Waals surface area contributed by atoms with Gasteiger partial charge in [-0.05, 0) is 24.1 Å². The van der Waals surface area contributed by atoms with Crippen LogP contribution in [-0.4, -0.2) is 52.2 Å². The number of carboxylic acids is 1. The molecule has 8 N–H and O–H groups in total. The summed E-state index contributed by atoms with van der Waals surface area (Å²) in [6.07, 6.45) is -2.70. The number of nitrogens with two attached hydrogens (primary N) is 3. The number of carbonyl (C=O) groups is 2. The molecule has 0 unspecified atom stereocenters. The number of rotatable bonds is 8. The third-order valence-corrected chi connectivity index (χ3v) is 3.82. The van der Waals surface area contributed by atoms with E-state index in [-0.39, 0.29) is 22.5 Å². The fourth-order valence-corrected chi connectivity index (χ4v) is 2.29. The minimum atomic E-state index is -5.08. The van der Waals surface area contributed by atoms with E-state index in [1.807, 2.05) is 24.3 Å². The molecule has 0 atom stereocenters. The van der Waals surface area contributed by atoms with Gasteiger partial charge in [0.05, 0.1) is 0 Å². The number of carbonyl (C=O) groups excluding carboxylic acids is 1. The molecule has 34 heavy (non-hydrogen) atoms. The second-order valence-electron chi connectivity index (χ2n) is 6.16. The molecule has 0 fully saturated rings. The maximum Gasteiger partial charge on any atom is 0.490 e. The second-order valence-corrected chi connectivity index (χ2v) is 6.52. The molecule has 1 aromatic heterocycles. The largest absolute Gasteiger partial charge is 0.490 e. The summed E-state index contributed by atoms with van der Waals surface area (Å²) in [5.41, 5.74) is 16.9. The molecule has 184 valence electrons. The first kappa shape index (κ1) is 28.0. The minimum absolute atomic E-state index is 0.00786. The number of aliphatic imine (C=N–C) groups is 1. The lowest BCUT2D eigenvalue weighted by Gasteiger charge is -2.10. The number of guanidine groups is 1. The molecule has 0 aliphatic heterocycles. The minimum Gasteiger partial charge on any atom is -0.490 e. The average molecular weight is 504 g/mol. The number of carboxylic acid groups (broad SMARTS) is 1. The number of anilines is 2. The summed E-state index contributed by atoms with van der Waals surface area (Å²) < 4.78 is 37.2. The Morgan fingerprint density at radius 2 is 1.82 bits per heavy atom. The molecule has 0 saturated heterocycles. The maximum absolute atomic E-state index is 11.8. The number of nitrogen functional groups attached to an aromatic ring is 1. The molecule has 2 aromatic rings. The number of ether oxygens (including phenoxy) is 1. The van der Waals surface area contributed by atoms with Crippen LogP contribution in [0, 0.1) is 0 Å². The number of aromatic nitrogens is 2. The summed E-state index contributed by atoms with van der Waals surface area (Å²) in [6.45, 7) is 4.59. The van der Waals surface area contributed by atoms with Crippen LogP contribution in [0.3, 0.4) is 0 Å². The molecule has 0 spiro atoms. The summed E-state index contributed by atoms with van der Waals surface area (Å²) in [7, 11) is 0. The van der Waals surface area contributed by atoms with Crippen LogP contribution in [0.1, 0.15) is 16.1 Å². The summed E-state index contributed by atoms with van der Waals surface area (Å²) in [6, 6.07) is 7.68. The summed E-state index contributed by atoms with van der Waals surface area (Å²) in [4.78, 5) is 32.0. The molecule has 11 nitrogen and oxygen atoms in total. The first-order valence-corrected chi connectivity index (χ1v) is 9.56. The van der Waals surface area contributed by atoms with Crippen molar-refractivity contribution in [1.82, 2.24) is 9.97 Å². The smallest absolute Gasteiger partial charge is 0.490 e. The highest BCUT2D eigenvalue weighted by atomic mass is 35.5. The Hall–Kier alpha value is -4.07. The van der Waals surface area contributed by atoms with Crippen molar-refractivity contribution in [2.24, 2.45) is 16.5 Å². The van der Waals surface area contributed by atoms with Gasteiger partial charge in [0.2, 0.25) is 0 Å². The number of aliphatic carboxylic acids is 1. The number of nitrogens with one attached hydrogen (secondary N) is 1. The van der Waals surface area contributed by atoms with Gasteiger partial charge in [0, 0.05) is 6.54 Å². The topological polar surface area (TPSA) is 192 Å². The van der Waals surface area contributed by atoms with E-state index in [4.69, 9.17) is 43.4 Å². The third-order valence-electron chi connectivity index (χ3n) is 3.55. The van der Waals surface area contributed by atoms with Crippen molar-refractivity contribution in [3.63, 3.8) is 0 Å². The number of alkyl halides is 3. The maximum atomic E-state index is 11.8. The van der Waals surface area contributed by atoms with Crippen LogP contribution in [0.2, 0.25) is 5.15 Å². The zero-order valence-corrected chi connectivity index (χ0v) is 18.2. The lowest BCUT2D eigenvalue weighted by Crippen LogP contribution is -2.25. The lowest BCUT2D eigenvalue weighted by atomic mass is 10.1. The van der Waals surface area contributed by atoms with Gasteiger partial charge in [-0.3, -0.25) is 4.79 Å². The van der Waals surface area contributed by atoms with E-state index in [0.29, 0.717) is 19.6 Å². The number of hydrogen-bond donors (Lipinski definition) is 5. The molecule has 0 bridgehead atoms. The van der Waals surface area contributed by atoms with Crippen molar-refractivity contribution < 1.29 is 32.6 Å². The highest BCUT2D eigenvalue weighted by molar-refractivity contribution is 6.32. The molecule has 0 aliphatic carbocycles. The third kappa shape index (κ3) is 9.60. The summed E-state index contributed by atoms with van der Waals surface area (Å²) >= 11 is 6.05. The first-order valence-electron chi connectivity index (χ1n) is 9.18. The van der Waals surface area contributed by atoms with Gasteiger partial charge in [-0.1, -0.05) is 36.4 Å². The zero-order valence-electron chi connectivity index (χ0n) is 17.5. The van der Waals surface area contributed by atoms with E-state index in [1.54, 1.807) is 6.08 Å². The summed E-state index contributed by atoms with van der Waals surface area (Å²) in [5, 5.41) is 10.1. The van der Waals surface area contributed by atoms with Gasteiger partial charge in [-0.25, -0.2) is 14.8 Å². The van der Waals surface area contributed by atoms with E-state index in [1.165, 1.54) is 0 Å². The van der Waals surface area contributed by atoms with Gasteiger partial charge in [0.25, 0.3) is 0 Å². The number of amides is 1. The number of benzene rings is 1. The van der Waals surface area contributed by atoms with Gasteiger partial charge < -0.3 is 32.4 Å². The van der Waals surface area contributed by atoms with Crippen LogP contribution < -0.4 is 27.3 Å². The Labute approximate surface area is 196 Å². The van der Waals surface area contributed by atoms with Gasteiger partial charge >= 0.3 is 18.1 Å². The SMILES string of the molecule is C=CCOc1ccc(CCNc2nc(N)c(C(=O)N=C(N)N)nc2Cl)cc1.O=C(O)C(F)(F)F. The van der Waals surface area contributed by atoms with Crippen LogP contribution in [0.5, 0.6) is 5.75 Å². The average Bonchev–Trinajstić information content (AvgIpc) is 2.74. The van der Waals surface area contributed by atoms with Gasteiger partial charge in [0.15, 0.2) is 28.4 Å². The Morgan fingerprint density at radius 1 is 1.24 bits per heavy atom. The molecular formula is C19H21ClF3N7O4. The predicted octanol–water partition coefficient (Wildman–Crippen LogP) is 1.98. The van der Waals surface area contributed by atoms with Crippen LogP contribution >= 0.6 is 11.6 Å². The normalized spacial score (nSPS) is 10.4. The fraction of sp³-hybridized carbons (Fsp3) is 0.211. The summed E-state index contributed by atoms with van der Waals surface area (Å²) in [5.74, 6) is -3.06. The highest BCUT2D eigenvalue weighted by Crippen LogP contribution is 2.21. The number of nitrogens with zero attached hydrogens (tertiary/aromatic N) is 3. The Balaban J connectivity index is 0.000000718. The molecule has 0 saturated carbocycles. The Morgan fingerprint density at radius 3 is 2.32 bits per heavy atom. The molecule has 15 heteroatoms. The molecule has 1 heterocycles. The van der Waals surface area contributed by atoms with Crippen molar-refractivity contribution >= 4 is 41.1 Å². The highest BCUT2D eigenvalue weighted by Gasteiger charge is 2.38. The monoisotopic (exact) mass is 503 g/mol. The standard InChI is InChI=1S/C17H20ClN7O2.C2HF3O2/c1-2-9-27-11-5-3-10(4-6-11)7-8-22-15-13(18)23-12(14(19)24-15)16(26)25-17(20)21;3-2(4,5)1(6)7/h2-6H,1,7-9H2,(H3,19,22,24)(H4,20,21,25,26);(H,6,7). The van der Waals surface area contributed by atoms with E-state index < -0.39 is 24.0 Å². The fourth-order valence-electron chi connectivity index (χ4n) is 2.10. The van der Waals surface area contributed by atoms with Gasteiger partial charge in [0.1, 0.15) is 12.4 Å². The van der Waals surface area contributed by atoms with Gasteiger partial charge in [-0.15, -0.1) is 0 Å². The Bertz CT molecular complexity index is 1040. The predicted molar refractivity (Wildman–Crippen MR) is 120 cm³/mol. The zero-order chi connectivity index (χ0) is 25.9. The van der Waals surface area contributed by atoms with Crippen LogP contribution in [0.15, 0.2) is 41.9 Å². The molecular weight excluding hydrogens is 483 g/mol. The number of halogens is 4. The van der Waals surface area contributed by atoms with Crippen molar-refractivity contribution in [1.29, 1.82) is 0 Å². The molecule has 2 rings (SSSR count). The van der Waals surface area contributed by atoms with Crippen molar-refractivity contribution in [2.45, 2.75) is 12.6 Å². The van der Waals surface area contributed by atoms with Crippen molar-refractivity contribution in [3.8, 4) is 5.75 Å². The molecule has 1 amide bonds. The second kappa shape index (κ2) is 12.8. The van der Waals surface area contributed by atoms with Crippen molar-refractivity contribution in [2.75, 3.05) is 24.2 Å². The first-order chi connectivity index (χ1) is 15.8. The number of hydrogen-bond acceptors (Lipinski definition) is 7. The van der Waals surface area contributed by atoms with Gasteiger partial charge in [-0.2, -0.15) is 18.2 Å². The lowest BCUT2D eigenvalue weighted by molar-refractivity contribution is -0.192. The van der Waals surface area contributed by atoms with Crippen LogP contribution in [0.4, 0.5) is 24.8 Å². The Kier molecular flexibility index (Phi) is 10.6. The van der Waals surface area contributed by atoms with E-state index in [9.17, 15) is 18.0 Å². The molecule has 0 radical (unpaired) electrons. The van der Waals surface area contributed by atoms with E-state index in [0.717, 1.165) is 11.3 Å². The quantitative estimate of drug-likeness (QED) is 0.202. The van der Waals surface area contributed by atoms with E-state index in [2.05, 4.69) is 26.9 Å². The van der Waals surface area contributed by atoms with Crippen molar-refractivity contribution in [3.05, 3.63) is 53.3 Å². The van der Waals surface area contributed by atoms with Crippen LogP contribution in [0.25, 0.3) is 0 Å². The van der Waals surface area contributed by atoms with E-state index >= 15 is 0 Å². The molecule has 0 aliphatic rings. The molecule has 1 aromatic carbocycles. The van der Waals surface area contributed by atoms with Crippen LogP contribution in [-0.2, 0) is 11.2 Å².